The van der Waals surface area contributed by atoms with E-state index in [2.05, 4.69) is 27.2 Å². The van der Waals surface area contributed by atoms with Crippen LogP contribution in [0, 0.1) is 24.2 Å². The molecule has 5 rings (SSSR count). The number of morpholine rings is 1. The first-order valence-corrected chi connectivity index (χ1v) is 24.3. The lowest BCUT2D eigenvalue weighted by molar-refractivity contribution is -0.940. The van der Waals surface area contributed by atoms with E-state index >= 15 is 0 Å². The molecule has 0 radical (unpaired) electrons. The number of nitrogens with one attached hydrogen (secondary N) is 4. The Morgan fingerprint density at radius 1 is 0.739 bits per heavy atom. The van der Waals surface area contributed by atoms with Gasteiger partial charge in [-0.2, -0.15) is 0 Å². The van der Waals surface area contributed by atoms with E-state index in [4.69, 9.17) is 25.4 Å². The van der Waals surface area contributed by atoms with Crippen molar-refractivity contribution in [1.82, 2.24) is 21.3 Å². The molecule has 2 aliphatic rings. The summed E-state index contributed by atoms with van der Waals surface area (Å²) in [6.07, 6.45) is 7.83. The third-order valence-corrected chi connectivity index (χ3v) is 12.3. The number of carbonyl (C=O) groups is 6. The molecule has 0 aromatic heterocycles. The third-order valence-electron chi connectivity index (χ3n) is 12.3. The SMILES string of the molecule is C#CCOc1cc(C[N+]2(CC(=O)N[C@@H](CCc3ccccc3)C(=O)N[C@@H](CC(C)C)C(=O)N[C@@H](Cc3ccccc3)C(=O)N[C@@H](CC(C)C)C(=O)[C@@]3(C)CO3)CCOCC2)ccc1OC(=O)CCC. The van der Waals surface area contributed by atoms with Crippen LogP contribution in [-0.2, 0) is 57.6 Å². The summed E-state index contributed by atoms with van der Waals surface area (Å²) in [7, 11) is 0. The van der Waals surface area contributed by atoms with Crippen molar-refractivity contribution in [2.45, 2.75) is 123 Å². The van der Waals surface area contributed by atoms with Gasteiger partial charge in [0.25, 0.3) is 5.91 Å². The number of hydrogen-bond donors (Lipinski definition) is 4. The van der Waals surface area contributed by atoms with Gasteiger partial charge in [0.1, 0.15) is 50.0 Å². The number of epoxide rings is 1. The Balaban J connectivity index is 1.36. The first-order chi connectivity index (χ1) is 33.0. The van der Waals surface area contributed by atoms with Crippen LogP contribution in [-0.4, -0.2) is 116 Å². The van der Waals surface area contributed by atoms with Crippen molar-refractivity contribution in [3.05, 3.63) is 95.6 Å². The third kappa shape index (κ3) is 17.1. The van der Waals surface area contributed by atoms with Gasteiger partial charge >= 0.3 is 5.97 Å². The monoisotopic (exact) mass is 951 g/mol. The van der Waals surface area contributed by atoms with Gasteiger partial charge in [-0.25, -0.2) is 0 Å². The van der Waals surface area contributed by atoms with Gasteiger partial charge in [-0.05, 0) is 80.2 Å². The Morgan fingerprint density at radius 3 is 1.93 bits per heavy atom. The number of terminal acetylenes is 1. The molecular weight excluding hydrogens is 879 g/mol. The minimum atomic E-state index is -1.09. The molecule has 2 aliphatic heterocycles. The second-order valence-corrected chi connectivity index (χ2v) is 19.4. The smallest absolute Gasteiger partial charge is 0.311 e. The van der Waals surface area contributed by atoms with E-state index in [0.29, 0.717) is 62.3 Å². The zero-order valence-corrected chi connectivity index (χ0v) is 41.2. The van der Waals surface area contributed by atoms with Gasteiger partial charge < -0.3 is 44.7 Å². The number of hydrogen-bond acceptors (Lipinski definition) is 10. The molecule has 69 heavy (non-hydrogen) atoms. The predicted octanol–water partition coefficient (Wildman–Crippen LogP) is 5.02. The number of amides is 4. The second-order valence-electron chi connectivity index (χ2n) is 19.4. The van der Waals surface area contributed by atoms with E-state index in [0.717, 1.165) is 16.7 Å². The van der Waals surface area contributed by atoms with Gasteiger partial charge in [-0.1, -0.05) is 101 Å². The number of rotatable bonds is 27. The number of Topliss-reactive ketones (excluding diaryl/α,β-unsaturated/α-hetero) is 1. The van der Waals surface area contributed by atoms with Crippen LogP contribution in [0.15, 0.2) is 78.9 Å². The zero-order valence-electron chi connectivity index (χ0n) is 41.2. The molecule has 4 amide bonds. The Bertz CT molecular complexity index is 2230. The van der Waals surface area contributed by atoms with Crippen LogP contribution in [0.4, 0.5) is 0 Å². The minimum absolute atomic E-state index is 0.0179. The largest absolute Gasteiger partial charge is 0.477 e. The lowest BCUT2D eigenvalue weighted by Crippen LogP contribution is -2.61. The second kappa shape index (κ2) is 26.1. The molecule has 2 fully saturated rings. The van der Waals surface area contributed by atoms with Gasteiger partial charge in [0.05, 0.1) is 25.9 Å². The predicted molar refractivity (Wildman–Crippen MR) is 262 cm³/mol. The number of esters is 1. The van der Waals surface area contributed by atoms with Crippen LogP contribution in [0.2, 0.25) is 0 Å². The number of aryl methyl sites for hydroxylation is 1. The summed E-state index contributed by atoms with van der Waals surface area (Å²) in [5.41, 5.74) is 1.62. The number of quaternary nitrogens is 1. The van der Waals surface area contributed by atoms with Crippen molar-refractivity contribution < 1.29 is 52.2 Å². The molecule has 0 bridgehead atoms. The topological polar surface area (TPSA) is 191 Å². The van der Waals surface area contributed by atoms with E-state index < -0.39 is 47.5 Å². The molecule has 3 aromatic rings. The normalized spacial score (nSPS) is 17.8. The van der Waals surface area contributed by atoms with Gasteiger partial charge in [-0.15, -0.1) is 6.42 Å². The average molecular weight is 951 g/mol. The molecule has 0 saturated carbocycles. The molecule has 5 atom stereocenters. The van der Waals surface area contributed by atoms with Crippen LogP contribution in [0.1, 0.15) is 90.3 Å². The highest BCUT2D eigenvalue weighted by Crippen LogP contribution is 2.32. The molecule has 372 valence electrons. The van der Waals surface area contributed by atoms with E-state index in [1.54, 1.807) is 19.1 Å². The minimum Gasteiger partial charge on any atom is -0.477 e. The van der Waals surface area contributed by atoms with Crippen molar-refractivity contribution in [3.63, 3.8) is 0 Å². The maximum absolute atomic E-state index is 14.5. The Morgan fingerprint density at radius 2 is 1.32 bits per heavy atom. The van der Waals surface area contributed by atoms with E-state index in [9.17, 15) is 28.8 Å². The number of ketones is 1. The Kier molecular flexibility index (Phi) is 20.3. The van der Waals surface area contributed by atoms with Gasteiger partial charge in [-0.3, -0.25) is 28.8 Å². The molecule has 2 heterocycles. The van der Waals surface area contributed by atoms with Crippen molar-refractivity contribution in [3.8, 4) is 23.8 Å². The lowest BCUT2D eigenvalue weighted by atomic mass is 9.93. The summed E-state index contributed by atoms with van der Waals surface area (Å²) in [5, 5.41) is 11.8. The lowest BCUT2D eigenvalue weighted by Gasteiger charge is -2.41. The van der Waals surface area contributed by atoms with Crippen LogP contribution >= 0.6 is 0 Å². The van der Waals surface area contributed by atoms with E-state index in [1.165, 1.54) is 0 Å². The quantitative estimate of drug-likeness (QED) is 0.0266. The summed E-state index contributed by atoms with van der Waals surface area (Å²) < 4.78 is 22.9. The highest BCUT2D eigenvalue weighted by atomic mass is 16.6. The molecule has 0 aliphatic carbocycles. The van der Waals surface area contributed by atoms with Crippen molar-refractivity contribution in [2.24, 2.45) is 11.8 Å². The number of benzene rings is 3. The zero-order chi connectivity index (χ0) is 50.0. The van der Waals surface area contributed by atoms with E-state index in [-0.39, 0.29) is 80.7 Å². The first kappa shape index (κ1) is 53.9. The van der Waals surface area contributed by atoms with Crippen molar-refractivity contribution in [2.75, 3.05) is 46.1 Å². The standard InChI is InChI=1S/C54H71N5O10/c1-8-16-49(61)69-46-24-22-41(33-47(46)67-27-9-2)34-59(25-28-66-29-26-59)35-48(60)55-42(23-21-39-17-12-10-13-18-39)51(63)57-44(31-38(5)6)52(64)58-45(32-40-19-14-11-15-20-40)53(65)56-43(30-37(3)4)50(62)54(7)36-68-54/h2,10-15,17-20,22,24,33,37-38,42-45H,8,16,21,23,25-32,34-36H2,1,3-7H3,(H3-,55,56,57,58,60,63,64,65)/p+1/t42-,43-,44-,45-,54+/m0/s1. The summed E-state index contributed by atoms with van der Waals surface area (Å²) in [6.45, 7) is 13.9. The molecule has 15 nitrogen and oxygen atoms in total. The van der Waals surface area contributed by atoms with Crippen LogP contribution in [0.25, 0.3) is 0 Å². The van der Waals surface area contributed by atoms with Gasteiger partial charge in [0.2, 0.25) is 17.7 Å². The summed E-state index contributed by atoms with van der Waals surface area (Å²) in [6, 6.07) is 20.2. The number of nitrogens with zero attached hydrogens (tertiary/aromatic N) is 1. The van der Waals surface area contributed by atoms with Crippen molar-refractivity contribution in [1.29, 1.82) is 0 Å². The number of ether oxygens (including phenoxy) is 4. The molecule has 3 aromatic carbocycles. The van der Waals surface area contributed by atoms with Crippen LogP contribution < -0.4 is 30.7 Å². The average Bonchev–Trinajstić information content (AvgIpc) is 4.07. The number of carbonyl (C=O) groups excluding carboxylic acids is 6. The fraction of sp³-hybridized carbons (Fsp3) is 0.519. The van der Waals surface area contributed by atoms with Crippen molar-refractivity contribution >= 4 is 35.4 Å². The van der Waals surface area contributed by atoms with Gasteiger partial charge in [0, 0.05) is 18.4 Å². The molecule has 15 heteroatoms. The Hall–Kier alpha value is -6.08. The first-order valence-electron chi connectivity index (χ1n) is 24.3. The van der Waals surface area contributed by atoms with Gasteiger partial charge in [0.15, 0.2) is 23.8 Å². The molecular formula is C54H72N5O10+. The fourth-order valence-electron chi connectivity index (χ4n) is 8.50. The molecule has 0 spiro atoms. The maximum atomic E-state index is 14.5. The summed E-state index contributed by atoms with van der Waals surface area (Å²) in [5.74, 6) is 0.457. The van der Waals surface area contributed by atoms with E-state index in [1.807, 2.05) is 101 Å². The summed E-state index contributed by atoms with van der Waals surface area (Å²) >= 11 is 0. The summed E-state index contributed by atoms with van der Waals surface area (Å²) in [4.78, 5) is 83.4. The fourth-order valence-corrected chi connectivity index (χ4v) is 8.50. The molecule has 4 N–H and O–H groups in total. The van der Waals surface area contributed by atoms with Crippen LogP contribution in [0.5, 0.6) is 11.5 Å². The highest BCUT2D eigenvalue weighted by Gasteiger charge is 2.50. The molecule has 0 unspecified atom stereocenters. The maximum Gasteiger partial charge on any atom is 0.311 e. The molecule has 2 saturated heterocycles. The highest BCUT2D eigenvalue weighted by molar-refractivity contribution is 5.99. The van der Waals surface area contributed by atoms with Crippen LogP contribution in [0.3, 0.4) is 0 Å². The Labute approximate surface area is 407 Å².